The first-order valence-corrected chi connectivity index (χ1v) is 5.30. The Balaban J connectivity index is 2.15. The van der Waals surface area contributed by atoms with E-state index in [1.807, 2.05) is 18.2 Å². The van der Waals surface area contributed by atoms with Gasteiger partial charge >= 0.3 is 0 Å². The van der Waals surface area contributed by atoms with E-state index in [1.165, 1.54) is 0 Å². The fourth-order valence-electron chi connectivity index (χ4n) is 1.26. The van der Waals surface area contributed by atoms with Crippen LogP contribution in [0.3, 0.4) is 0 Å². The van der Waals surface area contributed by atoms with Gasteiger partial charge in [0.25, 0.3) is 0 Å². The van der Waals surface area contributed by atoms with Crippen LogP contribution in [0.15, 0.2) is 22.7 Å². The lowest BCUT2D eigenvalue weighted by Crippen LogP contribution is -2.50. The first-order chi connectivity index (χ1) is 6.81. The van der Waals surface area contributed by atoms with E-state index in [9.17, 15) is 0 Å². The van der Waals surface area contributed by atoms with Crippen molar-refractivity contribution in [2.24, 2.45) is 0 Å². The molecule has 1 fully saturated rings. The molecule has 1 N–H and O–H groups in total. The molecule has 1 aromatic carbocycles. The minimum Gasteiger partial charge on any atom is -0.495 e. The summed E-state index contributed by atoms with van der Waals surface area (Å²) in [5.74, 6) is 1.64. The molecule has 1 heterocycles. The lowest BCUT2D eigenvalue weighted by molar-refractivity contribution is 0.141. The van der Waals surface area contributed by atoms with Crippen LogP contribution in [0, 0.1) is 0 Å². The Morgan fingerprint density at radius 1 is 1.36 bits per heavy atom. The third kappa shape index (κ3) is 1.86. The van der Waals surface area contributed by atoms with Gasteiger partial charge in [0.1, 0.15) is 22.1 Å². The van der Waals surface area contributed by atoms with Gasteiger partial charge in [-0.1, -0.05) is 6.07 Å². The van der Waals surface area contributed by atoms with Crippen molar-refractivity contribution in [3.63, 3.8) is 0 Å². The molecule has 1 aliphatic rings. The van der Waals surface area contributed by atoms with Gasteiger partial charge in [-0.2, -0.15) is 0 Å². The number of halogens is 1. The first kappa shape index (κ1) is 9.80. The second-order valence-corrected chi connectivity index (χ2v) is 3.96. The minimum atomic E-state index is 0.290. The van der Waals surface area contributed by atoms with Crippen LogP contribution in [0.1, 0.15) is 0 Å². The molecule has 0 saturated carbocycles. The zero-order valence-electron chi connectivity index (χ0n) is 7.92. The lowest BCUT2D eigenvalue weighted by Gasteiger charge is -2.28. The lowest BCUT2D eigenvalue weighted by atomic mass is 10.2. The molecule has 0 aromatic heterocycles. The standard InChI is InChI=1S/C10H12BrNO2/c1-13-8-3-2-4-9(10(8)11)14-7-5-12-6-7/h2-4,7,12H,5-6H2,1H3. The summed E-state index contributed by atoms with van der Waals surface area (Å²) in [5.41, 5.74) is 0. The predicted octanol–water partition coefficient (Wildman–Crippen LogP) is 1.81. The Bertz CT molecular complexity index is 326. The summed E-state index contributed by atoms with van der Waals surface area (Å²) in [6.07, 6.45) is 0.290. The number of methoxy groups -OCH3 is 1. The molecule has 0 aliphatic carbocycles. The molecule has 1 saturated heterocycles. The Kier molecular flexibility index (Phi) is 2.93. The normalized spacial score (nSPS) is 16.1. The monoisotopic (exact) mass is 257 g/mol. The summed E-state index contributed by atoms with van der Waals surface area (Å²) in [6, 6.07) is 5.76. The van der Waals surface area contributed by atoms with Crippen LogP contribution in [0.4, 0.5) is 0 Å². The second kappa shape index (κ2) is 4.19. The average molecular weight is 258 g/mol. The number of ether oxygens (including phenoxy) is 2. The average Bonchev–Trinajstić information content (AvgIpc) is 2.13. The van der Waals surface area contributed by atoms with Crippen molar-refractivity contribution in [3.05, 3.63) is 22.7 Å². The molecule has 14 heavy (non-hydrogen) atoms. The number of hydrogen-bond donors (Lipinski definition) is 1. The molecular formula is C10H12BrNO2. The van der Waals surface area contributed by atoms with Crippen molar-refractivity contribution in [2.45, 2.75) is 6.10 Å². The molecule has 3 nitrogen and oxygen atoms in total. The molecule has 1 aromatic rings. The minimum absolute atomic E-state index is 0.290. The summed E-state index contributed by atoms with van der Waals surface area (Å²) >= 11 is 3.45. The van der Waals surface area contributed by atoms with Crippen molar-refractivity contribution in [1.82, 2.24) is 5.32 Å². The van der Waals surface area contributed by atoms with Crippen molar-refractivity contribution >= 4 is 15.9 Å². The van der Waals surface area contributed by atoms with Gasteiger partial charge in [-0.15, -0.1) is 0 Å². The summed E-state index contributed by atoms with van der Waals surface area (Å²) < 4.78 is 11.8. The predicted molar refractivity (Wildman–Crippen MR) is 58.0 cm³/mol. The SMILES string of the molecule is COc1cccc(OC2CNC2)c1Br. The largest absolute Gasteiger partial charge is 0.495 e. The van der Waals surface area contributed by atoms with Crippen LogP contribution in [-0.4, -0.2) is 26.3 Å². The maximum atomic E-state index is 5.73. The maximum Gasteiger partial charge on any atom is 0.137 e. The van der Waals surface area contributed by atoms with E-state index in [2.05, 4.69) is 21.2 Å². The van der Waals surface area contributed by atoms with E-state index in [-0.39, 0.29) is 0 Å². The van der Waals surface area contributed by atoms with E-state index in [0.717, 1.165) is 29.1 Å². The maximum absolute atomic E-state index is 5.73. The van der Waals surface area contributed by atoms with Crippen molar-refractivity contribution in [3.8, 4) is 11.5 Å². The molecule has 0 spiro atoms. The van der Waals surface area contributed by atoms with Crippen molar-refractivity contribution < 1.29 is 9.47 Å². The topological polar surface area (TPSA) is 30.5 Å². The molecule has 0 radical (unpaired) electrons. The van der Waals surface area contributed by atoms with E-state index in [1.54, 1.807) is 7.11 Å². The van der Waals surface area contributed by atoms with Gasteiger partial charge in [0.2, 0.25) is 0 Å². The van der Waals surface area contributed by atoms with Crippen LogP contribution in [0.5, 0.6) is 11.5 Å². The van der Waals surface area contributed by atoms with E-state index in [0.29, 0.717) is 6.10 Å². The summed E-state index contributed by atoms with van der Waals surface area (Å²) in [6.45, 7) is 1.84. The van der Waals surface area contributed by atoms with Crippen LogP contribution >= 0.6 is 15.9 Å². The fraction of sp³-hybridized carbons (Fsp3) is 0.400. The molecule has 0 unspecified atom stereocenters. The summed E-state index contributed by atoms with van der Waals surface area (Å²) in [7, 11) is 1.65. The van der Waals surface area contributed by atoms with Crippen LogP contribution in [-0.2, 0) is 0 Å². The molecular weight excluding hydrogens is 246 g/mol. The van der Waals surface area contributed by atoms with Gasteiger partial charge in [0.05, 0.1) is 7.11 Å². The quantitative estimate of drug-likeness (QED) is 0.896. The first-order valence-electron chi connectivity index (χ1n) is 4.51. The third-order valence-electron chi connectivity index (χ3n) is 2.19. The Morgan fingerprint density at radius 3 is 2.64 bits per heavy atom. The van der Waals surface area contributed by atoms with E-state index in [4.69, 9.17) is 9.47 Å². The van der Waals surface area contributed by atoms with E-state index >= 15 is 0 Å². The summed E-state index contributed by atoms with van der Waals surface area (Å²) in [4.78, 5) is 0. The zero-order valence-corrected chi connectivity index (χ0v) is 9.50. The molecule has 4 heteroatoms. The Hall–Kier alpha value is -0.740. The highest BCUT2D eigenvalue weighted by Gasteiger charge is 2.19. The molecule has 0 atom stereocenters. The molecule has 0 amide bonds. The molecule has 76 valence electrons. The fourth-order valence-corrected chi connectivity index (χ4v) is 1.78. The second-order valence-electron chi connectivity index (χ2n) is 3.17. The van der Waals surface area contributed by atoms with Gasteiger partial charge < -0.3 is 14.8 Å². The summed E-state index contributed by atoms with van der Waals surface area (Å²) in [5, 5.41) is 3.16. The van der Waals surface area contributed by atoms with Crippen LogP contribution < -0.4 is 14.8 Å². The van der Waals surface area contributed by atoms with Gasteiger partial charge in [-0.3, -0.25) is 0 Å². The van der Waals surface area contributed by atoms with Gasteiger partial charge in [0.15, 0.2) is 0 Å². The number of rotatable bonds is 3. The zero-order chi connectivity index (χ0) is 9.97. The molecule has 0 bridgehead atoms. The highest BCUT2D eigenvalue weighted by atomic mass is 79.9. The van der Waals surface area contributed by atoms with Crippen LogP contribution in [0.25, 0.3) is 0 Å². The van der Waals surface area contributed by atoms with Gasteiger partial charge in [-0.25, -0.2) is 0 Å². The third-order valence-corrected chi connectivity index (χ3v) is 2.97. The van der Waals surface area contributed by atoms with Crippen molar-refractivity contribution in [2.75, 3.05) is 20.2 Å². The number of hydrogen-bond acceptors (Lipinski definition) is 3. The number of nitrogens with one attached hydrogen (secondary N) is 1. The van der Waals surface area contributed by atoms with Crippen molar-refractivity contribution in [1.29, 1.82) is 0 Å². The van der Waals surface area contributed by atoms with Gasteiger partial charge in [-0.05, 0) is 28.1 Å². The Morgan fingerprint density at radius 2 is 2.07 bits per heavy atom. The van der Waals surface area contributed by atoms with Gasteiger partial charge in [0, 0.05) is 13.1 Å². The van der Waals surface area contributed by atoms with E-state index < -0.39 is 0 Å². The highest BCUT2D eigenvalue weighted by Crippen LogP contribution is 2.34. The number of benzene rings is 1. The Labute approximate surface area is 91.5 Å². The van der Waals surface area contributed by atoms with Crippen LogP contribution in [0.2, 0.25) is 0 Å². The highest BCUT2D eigenvalue weighted by molar-refractivity contribution is 9.10. The molecule has 2 rings (SSSR count). The smallest absolute Gasteiger partial charge is 0.137 e. The molecule has 1 aliphatic heterocycles.